The molecular weight excluding hydrogens is 398 g/mol. The fourth-order valence-electron chi connectivity index (χ4n) is 4.57. The highest BCUT2D eigenvalue weighted by molar-refractivity contribution is 5.95. The number of furan rings is 1. The molecule has 1 unspecified atom stereocenters. The Bertz CT molecular complexity index is 1010. The van der Waals surface area contributed by atoms with Crippen molar-refractivity contribution in [1.29, 1.82) is 0 Å². The SMILES string of the molecule is Cn1nc(C(=O)N2CCCC(C(=O)NC3CC3)C2)c2c1CCN(C(=O)c1ccco1)C2. The van der Waals surface area contributed by atoms with Gasteiger partial charge in [-0.15, -0.1) is 0 Å². The van der Waals surface area contributed by atoms with Crippen LogP contribution in [0.2, 0.25) is 0 Å². The topological polar surface area (TPSA) is 101 Å². The Morgan fingerprint density at radius 2 is 1.97 bits per heavy atom. The third-order valence-corrected chi connectivity index (χ3v) is 6.47. The number of rotatable bonds is 4. The molecule has 9 nitrogen and oxygen atoms in total. The van der Waals surface area contributed by atoms with Gasteiger partial charge in [-0.3, -0.25) is 19.1 Å². The van der Waals surface area contributed by atoms with E-state index in [4.69, 9.17) is 4.42 Å². The molecule has 0 spiro atoms. The molecule has 9 heteroatoms. The number of aryl methyl sites for hydroxylation is 1. The zero-order valence-electron chi connectivity index (χ0n) is 17.7. The fourth-order valence-corrected chi connectivity index (χ4v) is 4.57. The van der Waals surface area contributed by atoms with Crippen LogP contribution in [0.3, 0.4) is 0 Å². The van der Waals surface area contributed by atoms with Crippen LogP contribution in [0.1, 0.15) is 58.0 Å². The number of carbonyl (C=O) groups excluding carboxylic acids is 3. The summed E-state index contributed by atoms with van der Waals surface area (Å²) >= 11 is 0. The van der Waals surface area contributed by atoms with Gasteiger partial charge < -0.3 is 19.5 Å². The van der Waals surface area contributed by atoms with Crippen molar-refractivity contribution in [2.75, 3.05) is 19.6 Å². The Morgan fingerprint density at radius 3 is 2.71 bits per heavy atom. The average molecular weight is 425 g/mol. The summed E-state index contributed by atoms with van der Waals surface area (Å²) in [5, 5.41) is 7.57. The van der Waals surface area contributed by atoms with Crippen molar-refractivity contribution in [3.05, 3.63) is 41.1 Å². The van der Waals surface area contributed by atoms with Crippen molar-refractivity contribution in [3.8, 4) is 0 Å². The molecule has 1 N–H and O–H groups in total. The molecule has 2 aromatic rings. The first-order valence-corrected chi connectivity index (χ1v) is 11.0. The normalized spacial score (nSPS) is 21.0. The van der Waals surface area contributed by atoms with Crippen molar-refractivity contribution >= 4 is 17.7 Å². The van der Waals surface area contributed by atoms with Crippen LogP contribution >= 0.6 is 0 Å². The Morgan fingerprint density at radius 1 is 1.13 bits per heavy atom. The summed E-state index contributed by atoms with van der Waals surface area (Å²) in [7, 11) is 1.84. The Kier molecular flexibility index (Phi) is 5.03. The Hall–Kier alpha value is -3.10. The molecule has 0 radical (unpaired) electrons. The van der Waals surface area contributed by atoms with Crippen molar-refractivity contribution < 1.29 is 18.8 Å². The van der Waals surface area contributed by atoms with Gasteiger partial charge >= 0.3 is 0 Å². The third kappa shape index (κ3) is 3.84. The molecule has 164 valence electrons. The van der Waals surface area contributed by atoms with Crippen LogP contribution < -0.4 is 5.32 Å². The minimum Gasteiger partial charge on any atom is -0.459 e. The van der Waals surface area contributed by atoms with Gasteiger partial charge in [0.05, 0.1) is 18.7 Å². The van der Waals surface area contributed by atoms with Crippen LogP contribution in [-0.4, -0.2) is 63.0 Å². The molecule has 4 heterocycles. The lowest BCUT2D eigenvalue weighted by molar-refractivity contribution is -0.126. The number of nitrogens with one attached hydrogen (secondary N) is 1. The number of nitrogens with zero attached hydrogens (tertiary/aromatic N) is 4. The lowest BCUT2D eigenvalue weighted by Gasteiger charge is -2.32. The highest BCUT2D eigenvalue weighted by Gasteiger charge is 2.36. The van der Waals surface area contributed by atoms with E-state index in [0.717, 1.165) is 36.9 Å². The van der Waals surface area contributed by atoms with E-state index in [0.29, 0.717) is 50.1 Å². The van der Waals surface area contributed by atoms with Gasteiger partial charge in [0, 0.05) is 50.4 Å². The van der Waals surface area contributed by atoms with Gasteiger partial charge in [-0.25, -0.2) is 0 Å². The molecule has 5 rings (SSSR count). The summed E-state index contributed by atoms with van der Waals surface area (Å²) in [4.78, 5) is 42.1. The van der Waals surface area contributed by atoms with E-state index in [1.165, 1.54) is 6.26 Å². The molecule has 2 aromatic heterocycles. The number of carbonyl (C=O) groups is 3. The number of hydrogen-bond acceptors (Lipinski definition) is 5. The minimum atomic E-state index is -0.187. The van der Waals surface area contributed by atoms with E-state index in [1.54, 1.807) is 26.6 Å². The summed E-state index contributed by atoms with van der Waals surface area (Å²) in [6.45, 7) is 1.90. The maximum Gasteiger partial charge on any atom is 0.289 e. The molecule has 2 fully saturated rings. The summed E-state index contributed by atoms with van der Waals surface area (Å²) < 4.78 is 7.00. The predicted octanol–water partition coefficient (Wildman–Crippen LogP) is 1.34. The Labute approximate surface area is 180 Å². The average Bonchev–Trinajstić information content (AvgIpc) is 3.31. The van der Waals surface area contributed by atoms with E-state index >= 15 is 0 Å². The van der Waals surface area contributed by atoms with Crippen LogP contribution in [0, 0.1) is 5.92 Å². The van der Waals surface area contributed by atoms with Gasteiger partial charge in [-0.2, -0.15) is 5.10 Å². The third-order valence-electron chi connectivity index (χ3n) is 6.47. The maximum atomic E-state index is 13.4. The van der Waals surface area contributed by atoms with E-state index in [1.807, 2.05) is 7.05 Å². The first-order valence-electron chi connectivity index (χ1n) is 11.0. The molecule has 1 aliphatic carbocycles. The first kappa shape index (κ1) is 19.8. The molecule has 1 atom stereocenters. The lowest BCUT2D eigenvalue weighted by atomic mass is 9.96. The zero-order valence-corrected chi connectivity index (χ0v) is 17.7. The van der Waals surface area contributed by atoms with E-state index in [-0.39, 0.29) is 23.6 Å². The number of aromatic nitrogens is 2. The smallest absolute Gasteiger partial charge is 0.289 e. The van der Waals surface area contributed by atoms with Crippen molar-refractivity contribution in [3.63, 3.8) is 0 Å². The highest BCUT2D eigenvalue weighted by atomic mass is 16.3. The fraction of sp³-hybridized carbons (Fsp3) is 0.545. The van der Waals surface area contributed by atoms with Crippen LogP contribution in [-0.2, 0) is 24.8 Å². The highest BCUT2D eigenvalue weighted by Crippen LogP contribution is 2.27. The van der Waals surface area contributed by atoms with Gasteiger partial charge in [0.2, 0.25) is 5.91 Å². The second kappa shape index (κ2) is 7.86. The number of hydrogen-bond donors (Lipinski definition) is 1. The van der Waals surface area contributed by atoms with Gasteiger partial charge in [-0.1, -0.05) is 0 Å². The molecule has 3 aliphatic rings. The maximum absolute atomic E-state index is 13.4. The van der Waals surface area contributed by atoms with Gasteiger partial charge in [0.1, 0.15) is 0 Å². The molecule has 2 aliphatic heterocycles. The van der Waals surface area contributed by atoms with E-state index < -0.39 is 0 Å². The van der Waals surface area contributed by atoms with Gasteiger partial charge in [0.15, 0.2) is 11.5 Å². The Balaban J connectivity index is 1.33. The summed E-state index contributed by atoms with van der Waals surface area (Å²) in [6.07, 6.45) is 5.81. The summed E-state index contributed by atoms with van der Waals surface area (Å²) in [5.41, 5.74) is 2.16. The van der Waals surface area contributed by atoms with Crippen LogP contribution in [0.5, 0.6) is 0 Å². The summed E-state index contributed by atoms with van der Waals surface area (Å²) in [6, 6.07) is 3.65. The van der Waals surface area contributed by atoms with Gasteiger partial charge in [0.25, 0.3) is 11.8 Å². The van der Waals surface area contributed by atoms with Crippen molar-refractivity contribution in [2.24, 2.45) is 13.0 Å². The predicted molar refractivity (Wildman–Crippen MR) is 110 cm³/mol. The van der Waals surface area contributed by atoms with Gasteiger partial charge in [-0.05, 0) is 37.8 Å². The van der Waals surface area contributed by atoms with E-state index in [9.17, 15) is 14.4 Å². The second-order valence-corrected chi connectivity index (χ2v) is 8.72. The number of piperidine rings is 1. The number of likely N-dealkylation sites (tertiary alicyclic amines) is 1. The molecule has 0 aromatic carbocycles. The van der Waals surface area contributed by atoms with Crippen LogP contribution in [0.15, 0.2) is 22.8 Å². The number of fused-ring (bicyclic) bond motifs is 1. The lowest BCUT2D eigenvalue weighted by Crippen LogP contribution is -2.46. The largest absolute Gasteiger partial charge is 0.459 e. The molecule has 3 amide bonds. The minimum absolute atomic E-state index is 0.0540. The first-order chi connectivity index (χ1) is 15.0. The van der Waals surface area contributed by atoms with E-state index in [2.05, 4.69) is 10.4 Å². The molecule has 31 heavy (non-hydrogen) atoms. The zero-order chi connectivity index (χ0) is 21.5. The second-order valence-electron chi connectivity index (χ2n) is 8.72. The monoisotopic (exact) mass is 425 g/mol. The standard InChI is InChI=1S/C22H27N5O4/c1-25-17-8-10-27(21(29)18-5-3-11-31-18)13-16(17)19(24-25)22(30)26-9-2-4-14(12-26)20(28)23-15-6-7-15/h3,5,11,14-15H,2,4,6-10,12-13H2,1H3,(H,23,28). The number of amides is 3. The summed E-state index contributed by atoms with van der Waals surface area (Å²) in [5.74, 6) is -0.172. The quantitative estimate of drug-likeness (QED) is 0.797. The molecule has 1 saturated heterocycles. The van der Waals surface area contributed by atoms with Crippen molar-refractivity contribution in [2.45, 2.75) is 44.7 Å². The van der Waals surface area contributed by atoms with Crippen molar-refractivity contribution in [1.82, 2.24) is 24.9 Å². The molecular formula is C22H27N5O4. The molecule has 1 saturated carbocycles. The van der Waals surface area contributed by atoms with Crippen LogP contribution in [0.25, 0.3) is 0 Å². The molecule has 0 bridgehead atoms. The van der Waals surface area contributed by atoms with Crippen LogP contribution in [0.4, 0.5) is 0 Å².